The van der Waals surface area contributed by atoms with Crippen molar-refractivity contribution in [2.45, 2.75) is 26.0 Å². The highest BCUT2D eigenvalue weighted by Gasteiger charge is 2.14. The van der Waals surface area contributed by atoms with Gasteiger partial charge in [0.15, 0.2) is 6.10 Å². The first-order valence-electron chi connectivity index (χ1n) is 6.94. The maximum atomic E-state index is 12.0. The van der Waals surface area contributed by atoms with E-state index in [0.29, 0.717) is 5.75 Å². The summed E-state index contributed by atoms with van der Waals surface area (Å²) in [6.07, 6.45) is -0.577. The molecule has 3 N–H and O–H groups in total. The Morgan fingerprint density at radius 2 is 1.67 bits per heavy atom. The standard InChI is InChI=1S/C17H20N2O2/c1-12(18)14-8-10-16(11-9-14)21-13(2)17(20)19-15-6-4-3-5-7-15/h3-13H,18H2,1-2H3,(H,19,20)/t12-,13?/m0/s1. The van der Waals surface area contributed by atoms with Crippen LogP contribution in [0.1, 0.15) is 25.5 Å². The number of hydrogen-bond donors (Lipinski definition) is 2. The van der Waals surface area contributed by atoms with Crippen molar-refractivity contribution in [1.29, 1.82) is 0 Å². The molecule has 2 aromatic carbocycles. The average Bonchev–Trinajstić information content (AvgIpc) is 2.48. The predicted octanol–water partition coefficient (Wildman–Crippen LogP) is 3.11. The quantitative estimate of drug-likeness (QED) is 0.886. The van der Waals surface area contributed by atoms with E-state index < -0.39 is 6.10 Å². The van der Waals surface area contributed by atoms with E-state index in [2.05, 4.69) is 5.32 Å². The van der Waals surface area contributed by atoms with Gasteiger partial charge in [-0.1, -0.05) is 30.3 Å². The maximum absolute atomic E-state index is 12.0. The molecule has 21 heavy (non-hydrogen) atoms. The molecule has 110 valence electrons. The van der Waals surface area contributed by atoms with Crippen molar-refractivity contribution in [1.82, 2.24) is 0 Å². The van der Waals surface area contributed by atoms with Gasteiger partial charge in [0.25, 0.3) is 5.91 Å². The minimum atomic E-state index is -0.577. The minimum absolute atomic E-state index is 0.0159. The Balaban J connectivity index is 1.94. The number of carbonyl (C=O) groups is 1. The summed E-state index contributed by atoms with van der Waals surface area (Å²) in [5.74, 6) is 0.465. The topological polar surface area (TPSA) is 64.3 Å². The molecule has 4 nitrogen and oxygen atoms in total. The van der Waals surface area contributed by atoms with Gasteiger partial charge in [-0.05, 0) is 43.7 Å². The second-order valence-electron chi connectivity index (χ2n) is 4.97. The van der Waals surface area contributed by atoms with Crippen molar-refractivity contribution in [2.75, 3.05) is 5.32 Å². The Morgan fingerprint density at radius 3 is 2.24 bits per heavy atom. The SMILES string of the molecule is CC(Oc1ccc([C@H](C)N)cc1)C(=O)Nc1ccccc1. The molecule has 1 amide bonds. The first kappa shape index (κ1) is 15.1. The Hall–Kier alpha value is -2.33. The summed E-state index contributed by atoms with van der Waals surface area (Å²) in [6, 6.07) is 16.7. The number of rotatable bonds is 5. The number of ether oxygens (including phenoxy) is 1. The number of amides is 1. The monoisotopic (exact) mass is 284 g/mol. The fourth-order valence-electron chi connectivity index (χ4n) is 1.87. The van der Waals surface area contributed by atoms with Crippen LogP contribution < -0.4 is 15.8 Å². The van der Waals surface area contributed by atoms with Gasteiger partial charge in [-0.2, -0.15) is 0 Å². The number of nitrogens with one attached hydrogen (secondary N) is 1. The van der Waals surface area contributed by atoms with Gasteiger partial charge in [0.05, 0.1) is 0 Å². The first-order chi connectivity index (χ1) is 10.1. The van der Waals surface area contributed by atoms with Crippen molar-refractivity contribution >= 4 is 11.6 Å². The largest absolute Gasteiger partial charge is 0.481 e. The first-order valence-corrected chi connectivity index (χ1v) is 6.94. The van der Waals surface area contributed by atoms with Crippen LogP contribution in [0.15, 0.2) is 54.6 Å². The van der Waals surface area contributed by atoms with Crippen LogP contribution in [-0.4, -0.2) is 12.0 Å². The lowest BCUT2D eigenvalue weighted by molar-refractivity contribution is -0.122. The third kappa shape index (κ3) is 4.33. The molecular weight excluding hydrogens is 264 g/mol. The number of nitrogens with two attached hydrogens (primary N) is 1. The van der Waals surface area contributed by atoms with Gasteiger partial charge < -0.3 is 15.8 Å². The van der Waals surface area contributed by atoms with E-state index >= 15 is 0 Å². The molecule has 0 saturated heterocycles. The molecule has 0 heterocycles. The van der Waals surface area contributed by atoms with Gasteiger partial charge in [-0.25, -0.2) is 0 Å². The zero-order chi connectivity index (χ0) is 15.2. The van der Waals surface area contributed by atoms with E-state index in [-0.39, 0.29) is 11.9 Å². The molecule has 0 aliphatic carbocycles. The number of anilines is 1. The normalized spacial score (nSPS) is 13.3. The molecule has 0 fully saturated rings. The molecule has 2 atom stereocenters. The zero-order valence-corrected chi connectivity index (χ0v) is 12.2. The molecule has 0 saturated carbocycles. The van der Waals surface area contributed by atoms with Gasteiger partial charge in [0.2, 0.25) is 0 Å². The summed E-state index contributed by atoms with van der Waals surface area (Å²) in [5, 5.41) is 2.81. The van der Waals surface area contributed by atoms with Crippen LogP contribution in [0.5, 0.6) is 5.75 Å². The highest BCUT2D eigenvalue weighted by molar-refractivity contribution is 5.94. The van der Waals surface area contributed by atoms with Crippen molar-refractivity contribution in [2.24, 2.45) is 5.73 Å². The van der Waals surface area contributed by atoms with Crippen LogP contribution >= 0.6 is 0 Å². The molecule has 4 heteroatoms. The predicted molar refractivity (Wildman–Crippen MR) is 84.2 cm³/mol. The molecule has 1 unspecified atom stereocenters. The van der Waals surface area contributed by atoms with E-state index in [4.69, 9.17) is 10.5 Å². The fourth-order valence-corrected chi connectivity index (χ4v) is 1.87. The number of para-hydroxylation sites is 1. The molecule has 0 bridgehead atoms. The van der Waals surface area contributed by atoms with Crippen LogP contribution in [0.2, 0.25) is 0 Å². The summed E-state index contributed by atoms with van der Waals surface area (Å²) < 4.78 is 5.63. The molecule has 2 aromatic rings. The van der Waals surface area contributed by atoms with E-state index in [1.807, 2.05) is 61.5 Å². The second kappa shape index (κ2) is 6.90. The van der Waals surface area contributed by atoms with E-state index in [0.717, 1.165) is 11.3 Å². The summed E-state index contributed by atoms with van der Waals surface area (Å²) in [6.45, 7) is 3.64. The summed E-state index contributed by atoms with van der Waals surface area (Å²) in [7, 11) is 0. The highest BCUT2D eigenvalue weighted by atomic mass is 16.5. The van der Waals surface area contributed by atoms with Crippen LogP contribution in [0.25, 0.3) is 0 Å². The van der Waals surface area contributed by atoms with Gasteiger partial charge in [-0.3, -0.25) is 4.79 Å². The summed E-state index contributed by atoms with van der Waals surface area (Å²) >= 11 is 0. The fraction of sp³-hybridized carbons (Fsp3) is 0.235. The Morgan fingerprint density at radius 1 is 1.05 bits per heavy atom. The molecule has 0 aliphatic heterocycles. The van der Waals surface area contributed by atoms with E-state index in [9.17, 15) is 4.79 Å². The smallest absolute Gasteiger partial charge is 0.265 e. The Bertz CT molecular complexity index is 579. The third-order valence-corrected chi connectivity index (χ3v) is 3.13. The molecule has 0 radical (unpaired) electrons. The Labute approximate surface area is 124 Å². The van der Waals surface area contributed by atoms with Crippen LogP contribution in [0, 0.1) is 0 Å². The highest BCUT2D eigenvalue weighted by Crippen LogP contribution is 2.17. The lowest BCUT2D eigenvalue weighted by Crippen LogP contribution is -2.30. The second-order valence-corrected chi connectivity index (χ2v) is 4.97. The molecular formula is C17H20N2O2. The van der Waals surface area contributed by atoms with Gasteiger partial charge in [-0.15, -0.1) is 0 Å². The zero-order valence-electron chi connectivity index (χ0n) is 12.2. The number of benzene rings is 2. The Kier molecular flexibility index (Phi) is 4.95. The molecule has 0 aliphatic rings. The van der Waals surface area contributed by atoms with Gasteiger partial charge >= 0.3 is 0 Å². The van der Waals surface area contributed by atoms with Crippen molar-refractivity contribution in [3.05, 3.63) is 60.2 Å². The summed E-state index contributed by atoms with van der Waals surface area (Å²) in [5.41, 5.74) is 7.58. The van der Waals surface area contributed by atoms with E-state index in [1.165, 1.54) is 0 Å². The minimum Gasteiger partial charge on any atom is -0.481 e. The molecule has 2 rings (SSSR count). The van der Waals surface area contributed by atoms with Gasteiger partial charge in [0.1, 0.15) is 5.75 Å². The van der Waals surface area contributed by atoms with Crippen molar-refractivity contribution in [3.8, 4) is 5.75 Å². The lowest BCUT2D eigenvalue weighted by Gasteiger charge is -2.15. The van der Waals surface area contributed by atoms with Crippen LogP contribution in [0.3, 0.4) is 0 Å². The lowest BCUT2D eigenvalue weighted by atomic mass is 10.1. The van der Waals surface area contributed by atoms with E-state index in [1.54, 1.807) is 6.92 Å². The summed E-state index contributed by atoms with van der Waals surface area (Å²) in [4.78, 5) is 12.0. The van der Waals surface area contributed by atoms with Gasteiger partial charge in [0, 0.05) is 11.7 Å². The van der Waals surface area contributed by atoms with Crippen molar-refractivity contribution in [3.63, 3.8) is 0 Å². The third-order valence-electron chi connectivity index (χ3n) is 3.13. The maximum Gasteiger partial charge on any atom is 0.265 e. The number of hydrogen-bond acceptors (Lipinski definition) is 3. The average molecular weight is 284 g/mol. The van der Waals surface area contributed by atoms with Crippen molar-refractivity contribution < 1.29 is 9.53 Å². The number of carbonyl (C=O) groups excluding carboxylic acids is 1. The molecule has 0 aromatic heterocycles. The van der Waals surface area contributed by atoms with Crippen LogP contribution in [0.4, 0.5) is 5.69 Å². The van der Waals surface area contributed by atoms with Crippen LogP contribution in [-0.2, 0) is 4.79 Å². The molecule has 0 spiro atoms.